The first-order valence-corrected chi connectivity index (χ1v) is 7.40. The molecule has 1 aliphatic rings. The summed E-state index contributed by atoms with van der Waals surface area (Å²) < 4.78 is 2.14. The van der Waals surface area contributed by atoms with Gasteiger partial charge in [-0.3, -0.25) is 4.90 Å². The van der Waals surface area contributed by atoms with E-state index in [4.69, 9.17) is 0 Å². The molecule has 1 saturated carbocycles. The summed E-state index contributed by atoms with van der Waals surface area (Å²) in [6.07, 6.45) is 8.17. The minimum Gasteiger partial charge on any atom is -0.389 e. The molecule has 2 heterocycles. The van der Waals surface area contributed by atoms with Gasteiger partial charge in [0.25, 0.3) is 0 Å². The Hall–Kier alpha value is -1.39. The SMILES string of the molecule is Cc1cccn2c(CN(C)CC3(O)CCCC3)cnc12. The summed E-state index contributed by atoms with van der Waals surface area (Å²) in [5.41, 5.74) is 2.91. The maximum absolute atomic E-state index is 10.5. The number of aromatic nitrogens is 2. The van der Waals surface area contributed by atoms with Gasteiger partial charge in [-0.1, -0.05) is 18.9 Å². The average Bonchev–Trinajstić information content (AvgIpc) is 2.98. The van der Waals surface area contributed by atoms with Crippen LogP contribution in [0.3, 0.4) is 0 Å². The highest BCUT2D eigenvalue weighted by Crippen LogP contribution is 2.30. The normalized spacial score (nSPS) is 18.2. The van der Waals surface area contributed by atoms with E-state index in [1.807, 2.05) is 6.20 Å². The Kier molecular flexibility index (Phi) is 3.52. The number of nitrogens with zero attached hydrogens (tertiary/aromatic N) is 3. The molecule has 2 aromatic rings. The van der Waals surface area contributed by atoms with Gasteiger partial charge in [-0.25, -0.2) is 4.98 Å². The first-order valence-electron chi connectivity index (χ1n) is 7.40. The van der Waals surface area contributed by atoms with Crippen LogP contribution in [0.5, 0.6) is 0 Å². The summed E-state index contributed by atoms with van der Waals surface area (Å²) in [5.74, 6) is 0. The zero-order valence-corrected chi connectivity index (χ0v) is 12.3. The molecule has 3 rings (SSSR count). The van der Waals surface area contributed by atoms with Gasteiger partial charge in [0.1, 0.15) is 5.65 Å². The van der Waals surface area contributed by atoms with E-state index in [-0.39, 0.29) is 0 Å². The number of hydrogen-bond donors (Lipinski definition) is 1. The summed E-state index contributed by atoms with van der Waals surface area (Å²) in [4.78, 5) is 6.70. The van der Waals surface area contributed by atoms with Crippen molar-refractivity contribution in [3.63, 3.8) is 0 Å². The second-order valence-electron chi connectivity index (χ2n) is 6.24. The largest absolute Gasteiger partial charge is 0.389 e. The number of aliphatic hydroxyl groups is 1. The summed E-state index contributed by atoms with van der Waals surface area (Å²) >= 11 is 0. The summed E-state index contributed by atoms with van der Waals surface area (Å²) in [6, 6.07) is 4.13. The quantitative estimate of drug-likeness (QED) is 0.930. The molecule has 0 aromatic carbocycles. The highest BCUT2D eigenvalue weighted by atomic mass is 16.3. The second-order valence-corrected chi connectivity index (χ2v) is 6.24. The Bertz CT molecular complexity index is 599. The van der Waals surface area contributed by atoms with E-state index in [0.717, 1.165) is 44.4 Å². The van der Waals surface area contributed by atoms with Crippen LogP contribution in [0.1, 0.15) is 36.9 Å². The minimum atomic E-state index is -0.481. The van der Waals surface area contributed by atoms with Gasteiger partial charge >= 0.3 is 0 Å². The van der Waals surface area contributed by atoms with Gasteiger partial charge < -0.3 is 9.51 Å². The van der Waals surface area contributed by atoms with E-state index < -0.39 is 5.60 Å². The Balaban J connectivity index is 1.74. The fraction of sp³-hybridized carbons (Fsp3) is 0.562. The number of likely N-dealkylation sites (N-methyl/N-ethyl adjacent to an activating group) is 1. The van der Waals surface area contributed by atoms with E-state index in [2.05, 4.69) is 46.6 Å². The van der Waals surface area contributed by atoms with Crippen LogP contribution >= 0.6 is 0 Å². The van der Waals surface area contributed by atoms with Crippen molar-refractivity contribution < 1.29 is 5.11 Å². The highest BCUT2D eigenvalue weighted by molar-refractivity contribution is 5.48. The van der Waals surface area contributed by atoms with Gasteiger partial charge in [0.05, 0.1) is 17.5 Å². The van der Waals surface area contributed by atoms with Crippen LogP contribution in [0.25, 0.3) is 5.65 Å². The van der Waals surface area contributed by atoms with Gasteiger partial charge in [-0.05, 0) is 38.4 Å². The molecule has 0 radical (unpaired) electrons. The minimum absolute atomic E-state index is 0.481. The summed E-state index contributed by atoms with van der Waals surface area (Å²) in [6.45, 7) is 3.63. The molecule has 0 amide bonds. The molecule has 1 aliphatic carbocycles. The van der Waals surface area contributed by atoms with Gasteiger partial charge in [-0.2, -0.15) is 0 Å². The van der Waals surface area contributed by atoms with Crippen molar-refractivity contribution in [2.45, 2.75) is 44.8 Å². The lowest BCUT2D eigenvalue weighted by molar-refractivity contribution is 0.0142. The van der Waals surface area contributed by atoms with Crippen molar-refractivity contribution in [2.75, 3.05) is 13.6 Å². The molecule has 0 bridgehead atoms. The summed E-state index contributed by atoms with van der Waals surface area (Å²) in [7, 11) is 2.07. The molecule has 0 atom stereocenters. The lowest BCUT2D eigenvalue weighted by Gasteiger charge is -2.28. The van der Waals surface area contributed by atoms with Crippen LogP contribution in [0.4, 0.5) is 0 Å². The van der Waals surface area contributed by atoms with E-state index in [1.165, 1.54) is 11.3 Å². The Morgan fingerprint density at radius 2 is 2.15 bits per heavy atom. The Labute approximate surface area is 120 Å². The van der Waals surface area contributed by atoms with Crippen LogP contribution in [-0.2, 0) is 6.54 Å². The second kappa shape index (κ2) is 5.19. The summed E-state index contributed by atoms with van der Waals surface area (Å²) in [5, 5.41) is 10.5. The molecule has 108 valence electrons. The molecule has 2 aromatic heterocycles. The van der Waals surface area contributed by atoms with Crippen LogP contribution in [0, 0.1) is 6.92 Å². The van der Waals surface area contributed by atoms with E-state index in [1.54, 1.807) is 0 Å². The van der Waals surface area contributed by atoms with Crippen molar-refractivity contribution in [3.8, 4) is 0 Å². The van der Waals surface area contributed by atoms with Crippen LogP contribution in [0.15, 0.2) is 24.5 Å². The molecular formula is C16H23N3O. The Morgan fingerprint density at radius 3 is 2.90 bits per heavy atom. The van der Waals surface area contributed by atoms with Crippen molar-refractivity contribution >= 4 is 5.65 Å². The van der Waals surface area contributed by atoms with Gasteiger partial charge in [0.15, 0.2) is 0 Å². The van der Waals surface area contributed by atoms with E-state index in [0.29, 0.717) is 0 Å². The molecule has 4 heteroatoms. The first-order chi connectivity index (χ1) is 9.57. The maximum atomic E-state index is 10.5. The first kappa shape index (κ1) is 13.6. The predicted molar refractivity (Wildman–Crippen MR) is 79.7 cm³/mol. The van der Waals surface area contributed by atoms with Crippen molar-refractivity contribution in [3.05, 3.63) is 35.8 Å². The fourth-order valence-corrected chi connectivity index (χ4v) is 3.35. The smallest absolute Gasteiger partial charge is 0.139 e. The third-order valence-electron chi connectivity index (χ3n) is 4.34. The van der Waals surface area contributed by atoms with Gasteiger partial charge in [-0.15, -0.1) is 0 Å². The lowest BCUT2D eigenvalue weighted by Crippen LogP contribution is -2.38. The number of fused-ring (bicyclic) bond motifs is 1. The van der Waals surface area contributed by atoms with Gasteiger partial charge in [0.2, 0.25) is 0 Å². The molecule has 0 spiro atoms. The molecule has 20 heavy (non-hydrogen) atoms. The third-order valence-corrected chi connectivity index (χ3v) is 4.34. The van der Waals surface area contributed by atoms with E-state index >= 15 is 0 Å². The average molecular weight is 273 g/mol. The van der Waals surface area contributed by atoms with Crippen molar-refractivity contribution in [2.24, 2.45) is 0 Å². The zero-order chi connectivity index (χ0) is 14.2. The number of rotatable bonds is 4. The van der Waals surface area contributed by atoms with Gasteiger partial charge in [0, 0.05) is 19.3 Å². The lowest BCUT2D eigenvalue weighted by atomic mass is 10.0. The Morgan fingerprint density at radius 1 is 1.40 bits per heavy atom. The van der Waals surface area contributed by atoms with Crippen LogP contribution in [-0.4, -0.2) is 38.6 Å². The molecule has 0 aliphatic heterocycles. The third kappa shape index (κ3) is 2.58. The standard InChI is InChI=1S/C16H23N3O/c1-13-6-5-9-19-14(10-17-15(13)19)11-18(2)12-16(20)7-3-4-8-16/h5-6,9-10,20H,3-4,7-8,11-12H2,1-2H3. The topological polar surface area (TPSA) is 40.8 Å². The van der Waals surface area contributed by atoms with Crippen molar-refractivity contribution in [1.29, 1.82) is 0 Å². The highest BCUT2D eigenvalue weighted by Gasteiger charge is 2.32. The number of hydrogen-bond acceptors (Lipinski definition) is 3. The van der Waals surface area contributed by atoms with Crippen LogP contribution < -0.4 is 0 Å². The molecule has 0 saturated heterocycles. The molecule has 1 N–H and O–H groups in total. The molecule has 4 nitrogen and oxygen atoms in total. The molecular weight excluding hydrogens is 250 g/mol. The van der Waals surface area contributed by atoms with E-state index in [9.17, 15) is 5.11 Å². The predicted octanol–water partition coefficient (Wildman–Crippen LogP) is 2.38. The van der Waals surface area contributed by atoms with Crippen LogP contribution in [0.2, 0.25) is 0 Å². The number of imidazole rings is 1. The van der Waals surface area contributed by atoms with Crippen molar-refractivity contribution in [1.82, 2.24) is 14.3 Å². The number of aryl methyl sites for hydroxylation is 1. The fourth-order valence-electron chi connectivity index (χ4n) is 3.35. The molecule has 1 fully saturated rings. The zero-order valence-electron chi connectivity index (χ0n) is 12.3. The monoisotopic (exact) mass is 273 g/mol. The number of pyridine rings is 1. The maximum Gasteiger partial charge on any atom is 0.139 e. The molecule has 0 unspecified atom stereocenters.